The lowest BCUT2D eigenvalue weighted by molar-refractivity contribution is -0.172. The first-order valence-electron chi connectivity index (χ1n) is 4.08. The van der Waals surface area contributed by atoms with Gasteiger partial charge < -0.3 is 15.8 Å². The van der Waals surface area contributed by atoms with Gasteiger partial charge in [-0.1, -0.05) is 0 Å². The van der Waals surface area contributed by atoms with Gasteiger partial charge in [-0.3, -0.25) is 0 Å². The molecule has 0 spiro atoms. The molecule has 0 saturated carbocycles. The lowest BCUT2D eigenvalue weighted by atomic mass is 10.6. The summed E-state index contributed by atoms with van der Waals surface area (Å²) in [5.41, 5.74) is 5.35. The zero-order chi connectivity index (χ0) is 11.3. The van der Waals surface area contributed by atoms with Crippen molar-refractivity contribution in [3.8, 4) is 0 Å². The number of aromatic nitrogens is 1. The zero-order valence-electron chi connectivity index (χ0n) is 7.67. The summed E-state index contributed by atoms with van der Waals surface area (Å²) >= 11 is 1.15. The van der Waals surface area contributed by atoms with Crippen molar-refractivity contribution < 1.29 is 17.9 Å². The van der Waals surface area contributed by atoms with E-state index < -0.39 is 12.8 Å². The Morgan fingerprint density at radius 2 is 2.27 bits per heavy atom. The molecule has 0 aromatic carbocycles. The highest BCUT2D eigenvalue weighted by atomic mass is 32.1. The molecule has 1 aromatic rings. The molecule has 0 radical (unpaired) electrons. The second kappa shape index (κ2) is 5.17. The SMILES string of the molecule is Nc1cc(NCCOCC(F)(F)F)sn1. The maximum absolute atomic E-state index is 11.6. The smallest absolute Gasteiger partial charge is 0.383 e. The van der Waals surface area contributed by atoms with Gasteiger partial charge in [0.05, 0.1) is 6.61 Å². The van der Waals surface area contributed by atoms with Crippen LogP contribution in [0.5, 0.6) is 0 Å². The molecular weight excluding hydrogens is 231 g/mol. The largest absolute Gasteiger partial charge is 0.411 e. The van der Waals surface area contributed by atoms with Crippen molar-refractivity contribution in [2.45, 2.75) is 6.18 Å². The van der Waals surface area contributed by atoms with Crippen LogP contribution in [0, 0.1) is 0 Å². The standard InChI is InChI=1S/C7H10F3N3OS/c8-7(9,10)4-14-2-1-12-6-3-5(11)13-15-6/h3,12H,1-2,4H2,(H2,11,13). The minimum atomic E-state index is -4.27. The highest BCUT2D eigenvalue weighted by Crippen LogP contribution is 2.17. The number of nitrogens with two attached hydrogens (primary N) is 1. The Morgan fingerprint density at radius 3 is 2.80 bits per heavy atom. The number of hydrogen-bond donors (Lipinski definition) is 2. The second-order valence-corrected chi connectivity index (χ2v) is 3.52. The first kappa shape index (κ1) is 12.1. The molecular formula is C7H10F3N3OS. The van der Waals surface area contributed by atoms with Crippen molar-refractivity contribution in [3.63, 3.8) is 0 Å². The quantitative estimate of drug-likeness (QED) is 0.770. The van der Waals surface area contributed by atoms with Crippen LogP contribution in [0.15, 0.2) is 6.07 Å². The normalized spacial score (nSPS) is 11.7. The number of nitrogens with one attached hydrogen (secondary N) is 1. The molecule has 0 aliphatic rings. The van der Waals surface area contributed by atoms with Crippen LogP contribution in [0.3, 0.4) is 0 Å². The number of halogens is 3. The molecule has 1 rings (SSSR count). The number of nitrogen functional groups attached to an aromatic ring is 1. The molecule has 0 aliphatic heterocycles. The van der Waals surface area contributed by atoms with E-state index in [0.717, 1.165) is 11.5 Å². The van der Waals surface area contributed by atoms with E-state index >= 15 is 0 Å². The monoisotopic (exact) mass is 241 g/mol. The molecule has 0 amide bonds. The third-order valence-corrected chi connectivity index (χ3v) is 2.10. The fourth-order valence-electron chi connectivity index (χ4n) is 0.806. The highest BCUT2D eigenvalue weighted by molar-refractivity contribution is 7.10. The number of hydrogen-bond acceptors (Lipinski definition) is 5. The molecule has 86 valence electrons. The maximum atomic E-state index is 11.6. The Bertz CT molecular complexity index is 302. The Labute approximate surface area is 88.4 Å². The van der Waals surface area contributed by atoms with Crippen LogP contribution >= 0.6 is 11.5 Å². The van der Waals surface area contributed by atoms with E-state index in [2.05, 4.69) is 14.4 Å². The molecule has 0 atom stereocenters. The Hall–Kier alpha value is -1.02. The van der Waals surface area contributed by atoms with Crippen LogP contribution in [0.2, 0.25) is 0 Å². The average Bonchev–Trinajstić information content (AvgIpc) is 2.49. The third kappa shape index (κ3) is 5.43. The minimum Gasteiger partial charge on any atom is -0.383 e. The van der Waals surface area contributed by atoms with Gasteiger partial charge in [-0.2, -0.15) is 17.5 Å². The lowest BCUT2D eigenvalue weighted by Gasteiger charge is -2.07. The first-order chi connectivity index (χ1) is 6.97. The fraction of sp³-hybridized carbons (Fsp3) is 0.571. The van der Waals surface area contributed by atoms with Crippen LogP contribution in [0.25, 0.3) is 0 Å². The molecule has 4 nitrogen and oxygen atoms in total. The minimum absolute atomic E-state index is 0.0166. The van der Waals surface area contributed by atoms with Gasteiger partial charge in [0, 0.05) is 12.6 Å². The van der Waals surface area contributed by atoms with Gasteiger partial charge in [0.15, 0.2) is 0 Å². The number of anilines is 2. The van der Waals surface area contributed by atoms with E-state index in [4.69, 9.17) is 5.73 Å². The number of rotatable bonds is 5. The maximum Gasteiger partial charge on any atom is 0.411 e. The van der Waals surface area contributed by atoms with E-state index in [1.807, 2.05) is 0 Å². The van der Waals surface area contributed by atoms with Crippen molar-refractivity contribution in [2.24, 2.45) is 0 Å². The van der Waals surface area contributed by atoms with Crippen molar-refractivity contribution >= 4 is 22.4 Å². The molecule has 0 unspecified atom stereocenters. The van der Waals surface area contributed by atoms with Crippen LogP contribution in [0.1, 0.15) is 0 Å². The summed E-state index contributed by atoms with van der Waals surface area (Å²) in [6, 6.07) is 1.61. The van der Waals surface area contributed by atoms with Crippen molar-refractivity contribution in [1.29, 1.82) is 0 Å². The predicted octanol–water partition coefficient (Wildman–Crippen LogP) is 1.72. The summed E-state index contributed by atoms with van der Waals surface area (Å²) in [6.07, 6.45) is -4.27. The van der Waals surface area contributed by atoms with E-state index in [0.29, 0.717) is 10.8 Å². The van der Waals surface area contributed by atoms with Crippen LogP contribution in [-0.4, -0.2) is 30.3 Å². The lowest BCUT2D eigenvalue weighted by Crippen LogP contribution is -2.19. The molecule has 3 N–H and O–H groups in total. The second-order valence-electron chi connectivity index (χ2n) is 2.71. The van der Waals surface area contributed by atoms with E-state index in [-0.39, 0.29) is 13.2 Å². The van der Waals surface area contributed by atoms with E-state index in [1.165, 1.54) is 0 Å². The van der Waals surface area contributed by atoms with E-state index in [9.17, 15) is 13.2 Å². The van der Waals surface area contributed by atoms with Gasteiger partial charge in [-0.25, -0.2) is 0 Å². The van der Waals surface area contributed by atoms with Gasteiger partial charge >= 0.3 is 6.18 Å². The van der Waals surface area contributed by atoms with Gasteiger partial charge in [0.1, 0.15) is 17.4 Å². The van der Waals surface area contributed by atoms with Crippen molar-refractivity contribution in [1.82, 2.24) is 4.37 Å². The van der Waals surface area contributed by atoms with Crippen LogP contribution in [0.4, 0.5) is 24.0 Å². The van der Waals surface area contributed by atoms with E-state index in [1.54, 1.807) is 6.07 Å². The van der Waals surface area contributed by atoms with Gasteiger partial charge in [0.25, 0.3) is 0 Å². The van der Waals surface area contributed by atoms with Gasteiger partial charge in [-0.05, 0) is 11.5 Å². The summed E-state index contributed by atoms with van der Waals surface area (Å²) < 4.78 is 43.1. The molecule has 8 heteroatoms. The summed E-state index contributed by atoms with van der Waals surface area (Å²) in [5.74, 6) is 0.388. The Kier molecular flexibility index (Phi) is 4.15. The average molecular weight is 241 g/mol. The number of alkyl halides is 3. The van der Waals surface area contributed by atoms with Gasteiger partial charge in [-0.15, -0.1) is 0 Å². The molecule has 0 bridgehead atoms. The molecule has 1 aromatic heterocycles. The third-order valence-electron chi connectivity index (χ3n) is 1.34. The molecule has 15 heavy (non-hydrogen) atoms. The number of nitrogens with zero attached hydrogens (tertiary/aromatic N) is 1. The first-order valence-corrected chi connectivity index (χ1v) is 4.85. The molecule has 1 heterocycles. The molecule has 0 aliphatic carbocycles. The Morgan fingerprint density at radius 1 is 1.53 bits per heavy atom. The summed E-state index contributed by atoms with van der Waals surface area (Å²) in [5, 5.41) is 3.55. The number of ether oxygens (including phenoxy) is 1. The zero-order valence-corrected chi connectivity index (χ0v) is 8.49. The van der Waals surface area contributed by atoms with Crippen LogP contribution in [-0.2, 0) is 4.74 Å². The molecule has 0 fully saturated rings. The summed E-state index contributed by atoms with van der Waals surface area (Å²) in [7, 11) is 0. The Balaban J connectivity index is 2.07. The van der Waals surface area contributed by atoms with Crippen LogP contribution < -0.4 is 11.1 Å². The summed E-state index contributed by atoms with van der Waals surface area (Å²) in [6.45, 7) is -0.950. The predicted molar refractivity (Wildman–Crippen MR) is 51.9 cm³/mol. The fourth-order valence-corrected chi connectivity index (χ4v) is 1.40. The topological polar surface area (TPSA) is 60.2 Å². The molecule has 0 saturated heterocycles. The highest BCUT2D eigenvalue weighted by Gasteiger charge is 2.27. The summed E-state index contributed by atoms with van der Waals surface area (Å²) in [4.78, 5) is 0. The van der Waals surface area contributed by atoms with Gasteiger partial charge in [0.2, 0.25) is 0 Å². The van der Waals surface area contributed by atoms with Crippen molar-refractivity contribution in [2.75, 3.05) is 30.8 Å². The van der Waals surface area contributed by atoms with Crippen molar-refractivity contribution in [3.05, 3.63) is 6.07 Å².